The number of hydrogen-bond donors (Lipinski definition) is 1. The second-order valence-corrected chi connectivity index (χ2v) is 2.22. The fourth-order valence-corrected chi connectivity index (χ4v) is 0.588. The SMILES string of the molecule is C=C(C)CC(OC)C(=O)O. The van der Waals surface area contributed by atoms with Gasteiger partial charge in [-0.05, 0) is 6.92 Å². The molecule has 0 fully saturated rings. The summed E-state index contributed by atoms with van der Waals surface area (Å²) in [6.07, 6.45) is -0.358. The third-order valence-corrected chi connectivity index (χ3v) is 1.09. The van der Waals surface area contributed by atoms with Crippen LogP contribution in [-0.2, 0) is 9.53 Å². The lowest BCUT2D eigenvalue weighted by atomic mass is 10.1. The molecule has 10 heavy (non-hydrogen) atoms. The molecule has 0 heterocycles. The van der Waals surface area contributed by atoms with Gasteiger partial charge in [-0.15, -0.1) is 6.58 Å². The van der Waals surface area contributed by atoms with Crippen LogP contribution in [0, 0.1) is 0 Å². The Hall–Kier alpha value is -0.830. The van der Waals surface area contributed by atoms with E-state index in [1.165, 1.54) is 7.11 Å². The molecule has 0 aromatic heterocycles. The second-order valence-electron chi connectivity index (χ2n) is 2.22. The van der Waals surface area contributed by atoms with Crippen molar-refractivity contribution in [2.75, 3.05) is 7.11 Å². The van der Waals surface area contributed by atoms with Gasteiger partial charge in [0.2, 0.25) is 0 Å². The molecule has 1 unspecified atom stereocenters. The van der Waals surface area contributed by atoms with Crippen molar-refractivity contribution in [1.29, 1.82) is 0 Å². The standard InChI is InChI=1S/C7H12O3/c1-5(2)4-6(10-3)7(8)9/h6H,1,4H2,2-3H3,(H,8,9). The predicted octanol–water partition coefficient (Wildman–Crippen LogP) is 1.05. The molecule has 1 atom stereocenters. The van der Waals surface area contributed by atoms with Crippen LogP contribution in [0.1, 0.15) is 13.3 Å². The molecule has 0 aliphatic carbocycles. The molecule has 0 radical (unpaired) electrons. The van der Waals surface area contributed by atoms with Crippen LogP contribution >= 0.6 is 0 Å². The van der Waals surface area contributed by atoms with E-state index in [-0.39, 0.29) is 0 Å². The van der Waals surface area contributed by atoms with Crippen LogP contribution in [0.4, 0.5) is 0 Å². The number of carboxylic acid groups (broad SMARTS) is 1. The van der Waals surface area contributed by atoms with E-state index >= 15 is 0 Å². The summed E-state index contributed by atoms with van der Waals surface area (Å²) in [5, 5.41) is 8.46. The first kappa shape index (κ1) is 9.17. The van der Waals surface area contributed by atoms with E-state index < -0.39 is 12.1 Å². The van der Waals surface area contributed by atoms with Gasteiger partial charge in [0, 0.05) is 13.5 Å². The summed E-state index contributed by atoms with van der Waals surface area (Å²) in [4.78, 5) is 10.3. The Morgan fingerprint density at radius 1 is 1.80 bits per heavy atom. The molecule has 0 saturated carbocycles. The number of rotatable bonds is 4. The average molecular weight is 144 g/mol. The first-order valence-electron chi connectivity index (χ1n) is 2.98. The largest absolute Gasteiger partial charge is 0.479 e. The Labute approximate surface area is 60.3 Å². The molecule has 0 spiro atoms. The fraction of sp³-hybridized carbons (Fsp3) is 0.571. The lowest BCUT2D eigenvalue weighted by Crippen LogP contribution is -2.22. The third kappa shape index (κ3) is 3.25. The number of methoxy groups -OCH3 is 1. The van der Waals surface area contributed by atoms with Crippen LogP contribution in [0.25, 0.3) is 0 Å². The highest BCUT2D eigenvalue weighted by atomic mass is 16.5. The highest BCUT2D eigenvalue weighted by Gasteiger charge is 2.15. The minimum Gasteiger partial charge on any atom is -0.479 e. The molecule has 0 bridgehead atoms. The van der Waals surface area contributed by atoms with Gasteiger partial charge in [0.25, 0.3) is 0 Å². The molecule has 0 aromatic carbocycles. The van der Waals surface area contributed by atoms with Crippen LogP contribution in [0.3, 0.4) is 0 Å². The molecule has 1 N–H and O–H groups in total. The van der Waals surface area contributed by atoms with Crippen molar-refractivity contribution >= 4 is 5.97 Å². The molecule has 3 nitrogen and oxygen atoms in total. The lowest BCUT2D eigenvalue weighted by molar-refractivity contribution is -0.148. The van der Waals surface area contributed by atoms with E-state index in [1.54, 1.807) is 6.92 Å². The predicted molar refractivity (Wildman–Crippen MR) is 37.9 cm³/mol. The molecule has 0 aliphatic heterocycles. The summed E-state index contributed by atoms with van der Waals surface area (Å²) in [6.45, 7) is 5.35. The molecular formula is C7H12O3. The van der Waals surface area contributed by atoms with Gasteiger partial charge >= 0.3 is 5.97 Å². The molecule has 0 saturated heterocycles. The minimum atomic E-state index is -0.939. The number of aliphatic carboxylic acids is 1. The smallest absolute Gasteiger partial charge is 0.333 e. The lowest BCUT2D eigenvalue weighted by Gasteiger charge is -2.08. The first-order chi connectivity index (χ1) is 4.57. The van der Waals surface area contributed by atoms with E-state index in [4.69, 9.17) is 5.11 Å². The monoisotopic (exact) mass is 144 g/mol. The number of carboxylic acids is 1. The molecule has 0 rings (SSSR count). The maximum atomic E-state index is 10.3. The maximum absolute atomic E-state index is 10.3. The summed E-state index contributed by atoms with van der Waals surface area (Å²) in [5.74, 6) is -0.939. The molecular weight excluding hydrogens is 132 g/mol. The van der Waals surface area contributed by atoms with Gasteiger partial charge in [-0.2, -0.15) is 0 Å². The Morgan fingerprint density at radius 2 is 2.30 bits per heavy atom. The minimum absolute atomic E-state index is 0.381. The molecule has 3 heteroatoms. The Balaban J connectivity index is 3.83. The van der Waals surface area contributed by atoms with Crippen LogP contribution < -0.4 is 0 Å². The highest BCUT2D eigenvalue weighted by Crippen LogP contribution is 2.04. The van der Waals surface area contributed by atoms with Crippen molar-refractivity contribution < 1.29 is 14.6 Å². The highest BCUT2D eigenvalue weighted by molar-refractivity contribution is 5.72. The molecule has 0 aliphatic rings. The zero-order valence-electron chi connectivity index (χ0n) is 6.26. The normalized spacial score (nSPS) is 12.6. The van der Waals surface area contributed by atoms with Crippen LogP contribution in [0.15, 0.2) is 12.2 Å². The molecule has 58 valence electrons. The van der Waals surface area contributed by atoms with Gasteiger partial charge in [0.1, 0.15) is 0 Å². The van der Waals surface area contributed by atoms with Gasteiger partial charge in [-0.1, -0.05) is 5.57 Å². The first-order valence-corrected chi connectivity index (χ1v) is 2.98. The van der Waals surface area contributed by atoms with Gasteiger partial charge in [-0.25, -0.2) is 4.79 Å². The Bertz CT molecular complexity index is 140. The summed E-state index contributed by atoms with van der Waals surface area (Å²) in [7, 11) is 1.38. The van der Waals surface area contributed by atoms with Crippen molar-refractivity contribution in [3.63, 3.8) is 0 Å². The van der Waals surface area contributed by atoms with Crippen LogP contribution in [0.5, 0.6) is 0 Å². The third-order valence-electron chi connectivity index (χ3n) is 1.09. The zero-order valence-corrected chi connectivity index (χ0v) is 6.26. The van der Waals surface area contributed by atoms with Gasteiger partial charge in [0.05, 0.1) is 0 Å². The van der Waals surface area contributed by atoms with E-state index in [2.05, 4.69) is 11.3 Å². The fourth-order valence-electron chi connectivity index (χ4n) is 0.588. The van der Waals surface area contributed by atoms with Crippen molar-refractivity contribution in [3.8, 4) is 0 Å². The van der Waals surface area contributed by atoms with Crippen molar-refractivity contribution in [2.45, 2.75) is 19.4 Å². The van der Waals surface area contributed by atoms with E-state index in [9.17, 15) is 4.79 Å². The van der Waals surface area contributed by atoms with Crippen LogP contribution in [-0.4, -0.2) is 24.3 Å². The molecule has 0 amide bonds. The summed E-state index contributed by atoms with van der Waals surface area (Å²) >= 11 is 0. The van der Waals surface area contributed by atoms with Gasteiger partial charge in [-0.3, -0.25) is 0 Å². The Kier molecular flexibility index (Phi) is 3.72. The summed E-state index contributed by atoms with van der Waals surface area (Å²) in [6, 6.07) is 0. The van der Waals surface area contributed by atoms with Gasteiger partial charge < -0.3 is 9.84 Å². The summed E-state index contributed by atoms with van der Waals surface area (Å²) in [5.41, 5.74) is 0.814. The zero-order chi connectivity index (χ0) is 8.15. The van der Waals surface area contributed by atoms with Crippen molar-refractivity contribution in [3.05, 3.63) is 12.2 Å². The molecule has 0 aromatic rings. The number of hydrogen-bond acceptors (Lipinski definition) is 2. The number of ether oxygens (including phenoxy) is 1. The van der Waals surface area contributed by atoms with Crippen molar-refractivity contribution in [2.24, 2.45) is 0 Å². The summed E-state index contributed by atoms with van der Waals surface area (Å²) < 4.78 is 4.66. The maximum Gasteiger partial charge on any atom is 0.333 e. The topological polar surface area (TPSA) is 46.5 Å². The quantitative estimate of drug-likeness (QED) is 0.600. The van der Waals surface area contributed by atoms with E-state index in [0.717, 1.165) is 5.57 Å². The Morgan fingerprint density at radius 3 is 2.40 bits per heavy atom. The van der Waals surface area contributed by atoms with Crippen LogP contribution in [0.2, 0.25) is 0 Å². The van der Waals surface area contributed by atoms with E-state index in [1.807, 2.05) is 0 Å². The number of carbonyl (C=O) groups is 1. The second kappa shape index (κ2) is 4.06. The van der Waals surface area contributed by atoms with Gasteiger partial charge in [0.15, 0.2) is 6.10 Å². The van der Waals surface area contributed by atoms with E-state index in [0.29, 0.717) is 6.42 Å². The van der Waals surface area contributed by atoms with Crippen molar-refractivity contribution in [1.82, 2.24) is 0 Å². The average Bonchev–Trinajstić information content (AvgIpc) is 1.81.